The van der Waals surface area contributed by atoms with Gasteiger partial charge in [0.2, 0.25) is 5.13 Å². The van der Waals surface area contributed by atoms with Crippen molar-refractivity contribution < 1.29 is 0 Å². The van der Waals surface area contributed by atoms with Crippen molar-refractivity contribution in [2.45, 2.75) is 6.92 Å². The Balaban J connectivity index is 1.93. The summed E-state index contributed by atoms with van der Waals surface area (Å²) in [7, 11) is 0. The molecule has 0 fully saturated rings. The quantitative estimate of drug-likeness (QED) is 0.485. The SMILES string of the molecule is Cc1ccc(-c2[nH]n(-c3nc4ccccc4s3)c(=O)c2C=N)cc1Br. The van der Waals surface area contributed by atoms with E-state index in [1.54, 1.807) is 0 Å². The van der Waals surface area contributed by atoms with E-state index in [0.29, 0.717) is 16.4 Å². The second-order valence-corrected chi connectivity index (χ2v) is 7.48. The van der Waals surface area contributed by atoms with Crippen LogP contribution in [-0.4, -0.2) is 21.0 Å². The summed E-state index contributed by atoms with van der Waals surface area (Å²) in [5, 5.41) is 11.3. The average Bonchev–Trinajstić information content (AvgIpc) is 3.17. The standard InChI is InChI=1S/C18H13BrN4OS/c1-10-6-7-11(8-13(10)19)16-12(9-20)17(24)23(22-16)18-21-14-4-2-3-5-15(14)25-18/h2-9,20,22H,1H3. The van der Waals surface area contributed by atoms with Crippen LogP contribution in [0, 0.1) is 12.3 Å². The van der Waals surface area contributed by atoms with E-state index in [2.05, 4.69) is 26.0 Å². The van der Waals surface area contributed by atoms with Crippen LogP contribution in [0.5, 0.6) is 0 Å². The van der Waals surface area contributed by atoms with Crippen molar-refractivity contribution in [3.63, 3.8) is 0 Å². The number of hydrogen-bond donors (Lipinski definition) is 2. The molecule has 0 saturated heterocycles. The number of rotatable bonds is 3. The maximum atomic E-state index is 12.8. The van der Waals surface area contributed by atoms with Gasteiger partial charge in [-0.25, -0.2) is 4.98 Å². The third kappa shape index (κ3) is 2.65. The molecule has 0 radical (unpaired) electrons. The zero-order chi connectivity index (χ0) is 17.6. The van der Waals surface area contributed by atoms with Gasteiger partial charge in [0.15, 0.2) is 0 Å². The van der Waals surface area contributed by atoms with Crippen LogP contribution < -0.4 is 5.56 Å². The molecule has 7 heteroatoms. The molecule has 0 atom stereocenters. The summed E-state index contributed by atoms with van der Waals surface area (Å²) in [6, 6.07) is 13.6. The van der Waals surface area contributed by atoms with Crippen LogP contribution in [0.25, 0.3) is 26.6 Å². The number of para-hydroxylation sites is 1. The molecule has 0 unspecified atom stereocenters. The van der Waals surface area contributed by atoms with Gasteiger partial charge in [0.1, 0.15) is 0 Å². The summed E-state index contributed by atoms with van der Waals surface area (Å²) in [6.45, 7) is 2.00. The Morgan fingerprint density at radius 3 is 2.80 bits per heavy atom. The van der Waals surface area contributed by atoms with Gasteiger partial charge in [0.05, 0.1) is 21.5 Å². The van der Waals surface area contributed by atoms with Crippen LogP contribution in [-0.2, 0) is 0 Å². The van der Waals surface area contributed by atoms with Crippen LogP contribution in [0.15, 0.2) is 51.7 Å². The normalized spacial score (nSPS) is 11.1. The Bertz CT molecular complexity index is 1140. The molecular formula is C18H13BrN4OS. The summed E-state index contributed by atoms with van der Waals surface area (Å²) < 4.78 is 3.37. The highest BCUT2D eigenvalue weighted by Crippen LogP contribution is 2.28. The molecule has 0 aliphatic heterocycles. The molecule has 2 aromatic heterocycles. The minimum absolute atomic E-state index is 0.277. The molecule has 5 nitrogen and oxygen atoms in total. The van der Waals surface area contributed by atoms with Gasteiger partial charge in [-0.3, -0.25) is 9.89 Å². The number of benzene rings is 2. The number of thiazole rings is 1. The Hall–Kier alpha value is -2.51. The maximum Gasteiger partial charge on any atom is 0.282 e. The van der Waals surface area contributed by atoms with Crippen LogP contribution in [0.1, 0.15) is 11.1 Å². The van der Waals surface area contributed by atoms with Crippen LogP contribution in [0.3, 0.4) is 0 Å². The monoisotopic (exact) mass is 412 g/mol. The number of hydrogen-bond acceptors (Lipinski definition) is 4. The Morgan fingerprint density at radius 1 is 1.28 bits per heavy atom. The first-order chi connectivity index (χ1) is 12.1. The van der Waals surface area contributed by atoms with Crippen molar-refractivity contribution in [2.24, 2.45) is 0 Å². The number of fused-ring (bicyclic) bond motifs is 1. The van der Waals surface area contributed by atoms with E-state index in [9.17, 15) is 4.79 Å². The first-order valence-corrected chi connectivity index (χ1v) is 9.17. The van der Waals surface area contributed by atoms with Crippen LogP contribution >= 0.6 is 27.3 Å². The summed E-state index contributed by atoms with van der Waals surface area (Å²) in [4.78, 5) is 17.3. The third-order valence-electron chi connectivity index (χ3n) is 4.01. The highest BCUT2D eigenvalue weighted by molar-refractivity contribution is 9.10. The molecule has 0 aliphatic carbocycles. The topological polar surface area (TPSA) is 74.5 Å². The number of nitrogens with zero attached hydrogens (tertiary/aromatic N) is 2. The van der Waals surface area contributed by atoms with Crippen molar-refractivity contribution in [3.05, 3.63) is 68.4 Å². The van der Waals surface area contributed by atoms with Crippen LogP contribution in [0.2, 0.25) is 0 Å². The molecule has 2 heterocycles. The predicted molar refractivity (Wildman–Crippen MR) is 105 cm³/mol. The molecule has 0 spiro atoms. The second-order valence-electron chi connectivity index (χ2n) is 5.61. The van der Waals surface area contributed by atoms with E-state index in [0.717, 1.165) is 32.0 Å². The number of aromatic nitrogens is 3. The largest absolute Gasteiger partial charge is 0.308 e. The Labute approximate surface area is 155 Å². The summed E-state index contributed by atoms with van der Waals surface area (Å²) in [5.41, 5.74) is 3.44. The van der Waals surface area contributed by atoms with Crippen molar-refractivity contribution in [3.8, 4) is 16.4 Å². The number of H-pyrrole nitrogens is 1. The molecule has 4 rings (SSSR count). The lowest BCUT2D eigenvalue weighted by molar-refractivity contribution is 0.845. The second kappa shape index (κ2) is 6.09. The molecule has 0 aliphatic rings. The lowest BCUT2D eigenvalue weighted by Gasteiger charge is -2.03. The van der Waals surface area contributed by atoms with Crippen molar-refractivity contribution in [1.82, 2.24) is 14.8 Å². The molecule has 0 bridgehead atoms. The van der Waals surface area contributed by atoms with Gasteiger partial charge in [0.25, 0.3) is 5.56 Å². The minimum atomic E-state index is -0.277. The van der Waals surface area contributed by atoms with Crippen molar-refractivity contribution in [2.75, 3.05) is 0 Å². The van der Waals surface area contributed by atoms with Gasteiger partial charge in [-0.15, -0.1) is 0 Å². The first-order valence-electron chi connectivity index (χ1n) is 7.56. The zero-order valence-electron chi connectivity index (χ0n) is 13.2. The smallest absolute Gasteiger partial charge is 0.282 e. The summed E-state index contributed by atoms with van der Waals surface area (Å²) in [6.07, 6.45) is 1.09. The van der Waals surface area contributed by atoms with E-state index in [1.807, 2.05) is 49.4 Å². The van der Waals surface area contributed by atoms with E-state index in [4.69, 9.17) is 5.41 Å². The predicted octanol–water partition coefficient (Wildman–Crippen LogP) is 4.51. The highest BCUT2D eigenvalue weighted by Gasteiger charge is 2.17. The van der Waals surface area contributed by atoms with Crippen LogP contribution in [0.4, 0.5) is 0 Å². The Kier molecular flexibility index (Phi) is 3.89. The fourth-order valence-corrected chi connectivity index (χ4v) is 3.95. The van der Waals surface area contributed by atoms with E-state index >= 15 is 0 Å². The molecule has 0 amide bonds. The first kappa shape index (κ1) is 16.0. The van der Waals surface area contributed by atoms with Gasteiger partial charge in [-0.05, 0) is 30.7 Å². The van der Waals surface area contributed by atoms with Gasteiger partial charge >= 0.3 is 0 Å². The van der Waals surface area contributed by atoms with Gasteiger partial charge in [0, 0.05) is 16.3 Å². The van der Waals surface area contributed by atoms with E-state index in [-0.39, 0.29) is 5.56 Å². The van der Waals surface area contributed by atoms with E-state index in [1.165, 1.54) is 16.0 Å². The molecule has 124 valence electrons. The molecule has 25 heavy (non-hydrogen) atoms. The third-order valence-corrected chi connectivity index (χ3v) is 5.88. The average molecular weight is 413 g/mol. The molecule has 0 saturated carbocycles. The number of aromatic amines is 1. The van der Waals surface area contributed by atoms with Gasteiger partial charge in [-0.2, -0.15) is 4.68 Å². The molecule has 2 N–H and O–H groups in total. The Morgan fingerprint density at radius 2 is 2.08 bits per heavy atom. The zero-order valence-corrected chi connectivity index (χ0v) is 15.6. The van der Waals surface area contributed by atoms with Gasteiger partial charge < -0.3 is 5.41 Å². The summed E-state index contributed by atoms with van der Waals surface area (Å²) in [5.74, 6) is 0. The number of halogens is 1. The van der Waals surface area contributed by atoms with Crippen molar-refractivity contribution >= 4 is 43.7 Å². The van der Waals surface area contributed by atoms with Crippen molar-refractivity contribution in [1.29, 1.82) is 5.41 Å². The van der Waals surface area contributed by atoms with E-state index < -0.39 is 0 Å². The number of aryl methyl sites for hydroxylation is 1. The van der Waals surface area contributed by atoms with Gasteiger partial charge in [-0.1, -0.05) is 51.5 Å². The number of nitrogens with one attached hydrogen (secondary N) is 2. The lowest BCUT2D eigenvalue weighted by atomic mass is 10.1. The molecular weight excluding hydrogens is 400 g/mol. The lowest BCUT2D eigenvalue weighted by Crippen LogP contribution is -2.16. The molecule has 2 aromatic carbocycles. The molecule has 4 aromatic rings. The summed E-state index contributed by atoms with van der Waals surface area (Å²) >= 11 is 4.95. The fourth-order valence-electron chi connectivity index (χ4n) is 2.64. The maximum absolute atomic E-state index is 12.8. The fraction of sp³-hybridized carbons (Fsp3) is 0.0556. The minimum Gasteiger partial charge on any atom is -0.308 e. The highest BCUT2D eigenvalue weighted by atomic mass is 79.9.